The van der Waals surface area contributed by atoms with Crippen LogP contribution in [0.2, 0.25) is 0 Å². The first-order valence-electron chi connectivity index (χ1n) is 10.8. The van der Waals surface area contributed by atoms with Crippen LogP contribution in [0.4, 0.5) is 0 Å². The van der Waals surface area contributed by atoms with E-state index in [1.54, 1.807) is 7.11 Å². The molecule has 1 saturated heterocycles. The van der Waals surface area contributed by atoms with Gasteiger partial charge in [0, 0.05) is 12.2 Å². The largest absolute Gasteiger partial charge is 0.496 e. The van der Waals surface area contributed by atoms with Gasteiger partial charge in [-0.2, -0.15) is 0 Å². The lowest BCUT2D eigenvalue weighted by Crippen LogP contribution is -2.28. The van der Waals surface area contributed by atoms with E-state index in [-0.39, 0.29) is 6.29 Å². The van der Waals surface area contributed by atoms with E-state index in [9.17, 15) is 0 Å². The molecule has 0 spiro atoms. The molecule has 2 atom stereocenters. The van der Waals surface area contributed by atoms with Crippen molar-refractivity contribution in [3.63, 3.8) is 0 Å². The Morgan fingerprint density at radius 3 is 2.78 bits per heavy atom. The predicted molar refractivity (Wildman–Crippen MR) is 112 cm³/mol. The highest BCUT2D eigenvalue weighted by Gasteiger charge is 2.19. The maximum Gasteiger partial charge on any atom is 0.157 e. The fourth-order valence-corrected chi connectivity index (χ4v) is 3.87. The van der Waals surface area contributed by atoms with Gasteiger partial charge in [0.05, 0.1) is 13.2 Å². The lowest BCUT2D eigenvalue weighted by Gasteiger charge is -2.28. The Kier molecular flexibility index (Phi) is 10.5. The summed E-state index contributed by atoms with van der Waals surface area (Å²) in [4.78, 5) is 0. The van der Waals surface area contributed by atoms with E-state index in [4.69, 9.17) is 14.2 Å². The van der Waals surface area contributed by atoms with Crippen LogP contribution in [-0.2, 0) is 22.3 Å². The summed E-state index contributed by atoms with van der Waals surface area (Å²) in [5.74, 6) is 0.971. The molecule has 1 aromatic rings. The Balaban J connectivity index is 1.90. The molecule has 0 N–H and O–H groups in total. The minimum absolute atomic E-state index is 0.0125. The molecule has 152 valence electrons. The van der Waals surface area contributed by atoms with E-state index in [2.05, 4.69) is 25.6 Å². The fourth-order valence-electron chi connectivity index (χ4n) is 3.87. The van der Waals surface area contributed by atoms with E-state index in [1.165, 1.54) is 43.2 Å². The van der Waals surface area contributed by atoms with Gasteiger partial charge in [0.1, 0.15) is 5.75 Å². The molecule has 27 heavy (non-hydrogen) atoms. The van der Waals surface area contributed by atoms with Crippen LogP contribution in [0.15, 0.2) is 30.9 Å². The molecule has 0 radical (unpaired) electrons. The molecule has 1 aliphatic heterocycles. The number of aryl methyl sites for hydroxylation is 1. The number of unbranched alkanes of at least 4 members (excludes halogenated alkanes) is 2. The van der Waals surface area contributed by atoms with Gasteiger partial charge in [-0.3, -0.25) is 0 Å². The molecule has 0 aliphatic carbocycles. The fraction of sp³-hybridized carbons (Fsp3) is 0.667. The normalized spacial score (nSPS) is 18.2. The van der Waals surface area contributed by atoms with Crippen molar-refractivity contribution in [1.29, 1.82) is 0 Å². The second kappa shape index (κ2) is 13.0. The second-order valence-corrected chi connectivity index (χ2v) is 7.53. The number of hydrogen-bond donors (Lipinski definition) is 0. The van der Waals surface area contributed by atoms with E-state index in [1.807, 2.05) is 12.1 Å². The van der Waals surface area contributed by atoms with Crippen molar-refractivity contribution in [1.82, 2.24) is 0 Å². The van der Waals surface area contributed by atoms with Crippen LogP contribution < -0.4 is 4.74 Å². The molecule has 1 aromatic carbocycles. The summed E-state index contributed by atoms with van der Waals surface area (Å²) in [5, 5.41) is 0. The van der Waals surface area contributed by atoms with Gasteiger partial charge in [-0.1, -0.05) is 44.4 Å². The molecule has 3 heteroatoms. The third-order valence-electron chi connectivity index (χ3n) is 5.38. The summed E-state index contributed by atoms with van der Waals surface area (Å²) in [7, 11) is 1.74. The highest BCUT2D eigenvalue weighted by Crippen LogP contribution is 2.26. The summed E-state index contributed by atoms with van der Waals surface area (Å²) in [5.41, 5.74) is 2.64. The van der Waals surface area contributed by atoms with Gasteiger partial charge in [0.2, 0.25) is 0 Å². The molecular weight excluding hydrogens is 336 g/mol. The van der Waals surface area contributed by atoms with Crippen LogP contribution >= 0.6 is 0 Å². The number of methoxy groups -OCH3 is 1. The maximum absolute atomic E-state index is 6.34. The lowest BCUT2D eigenvalue weighted by molar-refractivity contribution is -0.190. The van der Waals surface area contributed by atoms with Crippen molar-refractivity contribution in [3.8, 4) is 5.75 Å². The number of ether oxygens (including phenoxy) is 3. The van der Waals surface area contributed by atoms with Gasteiger partial charge in [0.15, 0.2) is 6.29 Å². The molecule has 0 amide bonds. The molecule has 1 aliphatic rings. The molecule has 1 unspecified atom stereocenters. The van der Waals surface area contributed by atoms with Crippen LogP contribution in [0.3, 0.4) is 0 Å². The van der Waals surface area contributed by atoms with Crippen molar-refractivity contribution in [2.45, 2.75) is 89.9 Å². The molecular formula is C24H38O3. The Bertz CT molecular complexity index is 534. The number of allylic oxidation sites excluding steroid dienone is 1. The molecule has 0 saturated carbocycles. The van der Waals surface area contributed by atoms with Crippen LogP contribution in [0.1, 0.15) is 75.8 Å². The summed E-state index contributed by atoms with van der Waals surface area (Å²) >= 11 is 0. The van der Waals surface area contributed by atoms with Crippen LogP contribution in [0, 0.1) is 0 Å². The smallest absolute Gasteiger partial charge is 0.157 e. The molecule has 0 aromatic heterocycles. The van der Waals surface area contributed by atoms with Crippen molar-refractivity contribution < 1.29 is 14.2 Å². The van der Waals surface area contributed by atoms with Gasteiger partial charge in [-0.15, -0.1) is 6.58 Å². The third kappa shape index (κ3) is 7.67. The quantitative estimate of drug-likeness (QED) is 0.302. The zero-order valence-electron chi connectivity index (χ0n) is 17.4. The highest BCUT2D eigenvalue weighted by molar-refractivity contribution is 5.41. The van der Waals surface area contributed by atoms with Gasteiger partial charge in [0.25, 0.3) is 0 Å². The summed E-state index contributed by atoms with van der Waals surface area (Å²) in [6.07, 6.45) is 14.8. The molecule has 1 fully saturated rings. The first-order valence-corrected chi connectivity index (χ1v) is 10.8. The number of benzene rings is 1. The number of hydrogen-bond acceptors (Lipinski definition) is 3. The van der Waals surface area contributed by atoms with Crippen molar-refractivity contribution in [2.75, 3.05) is 13.7 Å². The zero-order chi connectivity index (χ0) is 19.3. The lowest BCUT2D eigenvalue weighted by atomic mass is 9.96. The van der Waals surface area contributed by atoms with E-state index in [0.29, 0.717) is 6.10 Å². The highest BCUT2D eigenvalue weighted by atomic mass is 16.7. The average Bonchev–Trinajstić information content (AvgIpc) is 2.70. The van der Waals surface area contributed by atoms with E-state index < -0.39 is 0 Å². The van der Waals surface area contributed by atoms with Gasteiger partial charge < -0.3 is 14.2 Å². The topological polar surface area (TPSA) is 27.7 Å². The summed E-state index contributed by atoms with van der Waals surface area (Å²) < 4.78 is 17.7. The average molecular weight is 375 g/mol. The molecule has 2 rings (SSSR count). The SMILES string of the molecule is C=CCc1c(CCC[C@H](CCCCC)OC2CCCCO2)cccc1OC. The van der Waals surface area contributed by atoms with E-state index >= 15 is 0 Å². The second-order valence-electron chi connectivity index (χ2n) is 7.53. The molecule has 3 nitrogen and oxygen atoms in total. The summed E-state index contributed by atoms with van der Waals surface area (Å²) in [6.45, 7) is 7.00. The molecule has 1 heterocycles. The Morgan fingerprint density at radius 1 is 1.22 bits per heavy atom. The van der Waals surface area contributed by atoms with Crippen molar-refractivity contribution in [3.05, 3.63) is 42.0 Å². The Morgan fingerprint density at radius 2 is 2.07 bits per heavy atom. The van der Waals surface area contributed by atoms with Crippen LogP contribution in [0.25, 0.3) is 0 Å². The predicted octanol–water partition coefficient (Wildman–Crippen LogP) is 6.24. The standard InChI is InChI=1S/C24H38O3/c1-4-6-7-15-21(27-24-18-8-9-19-26-24)16-10-13-20-14-11-17-23(25-3)22(20)12-5-2/h5,11,14,17,21,24H,2,4,6-10,12-13,15-16,18-19H2,1,3H3/t21-,24?/m0/s1. The van der Waals surface area contributed by atoms with E-state index in [0.717, 1.165) is 50.9 Å². The minimum Gasteiger partial charge on any atom is -0.496 e. The molecule has 0 bridgehead atoms. The van der Waals surface area contributed by atoms with Gasteiger partial charge in [-0.05, 0) is 63.0 Å². The first kappa shape index (κ1) is 22.0. The summed E-state index contributed by atoms with van der Waals surface area (Å²) in [6, 6.07) is 6.35. The van der Waals surface area contributed by atoms with Crippen LogP contribution in [0.5, 0.6) is 5.75 Å². The first-order chi connectivity index (χ1) is 13.3. The van der Waals surface area contributed by atoms with Crippen molar-refractivity contribution >= 4 is 0 Å². The Labute approximate surface area is 166 Å². The number of rotatable bonds is 13. The monoisotopic (exact) mass is 374 g/mol. The van der Waals surface area contributed by atoms with Crippen LogP contribution in [-0.4, -0.2) is 26.1 Å². The third-order valence-corrected chi connectivity index (χ3v) is 5.38. The van der Waals surface area contributed by atoms with Gasteiger partial charge >= 0.3 is 0 Å². The van der Waals surface area contributed by atoms with Crippen molar-refractivity contribution in [2.24, 2.45) is 0 Å². The maximum atomic E-state index is 6.34. The Hall–Kier alpha value is -1.32. The minimum atomic E-state index is 0.0125. The zero-order valence-corrected chi connectivity index (χ0v) is 17.4. The van der Waals surface area contributed by atoms with Gasteiger partial charge in [-0.25, -0.2) is 0 Å².